The van der Waals surface area contributed by atoms with Gasteiger partial charge in [0.2, 0.25) is 0 Å². The number of hydrogen-bond acceptors (Lipinski definition) is 3. The molecule has 0 spiro atoms. The fraction of sp³-hybridized carbons (Fsp3) is 0.529. The van der Waals surface area contributed by atoms with Crippen molar-refractivity contribution in [1.82, 2.24) is 10.2 Å². The van der Waals surface area contributed by atoms with Crippen molar-refractivity contribution in [1.29, 1.82) is 0 Å². The SMILES string of the molecule is O=C(O)CN(CC1CC1)C1CC(NC(=O)Nc2ccc(Br)cc2)C1. The number of aliphatic carboxylic acids is 1. The lowest BCUT2D eigenvalue weighted by atomic mass is 9.85. The van der Waals surface area contributed by atoms with Crippen LogP contribution in [0.5, 0.6) is 0 Å². The number of carboxylic acids is 1. The molecule has 2 saturated carbocycles. The molecule has 0 atom stereocenters. The second kappa shape index (κ2) is 7.53. The van der Waals surface area contributed by atoms with Gasteiger partial charge in [-0.3, -0.25) is 9.69 Å². The summed E-state index contributed by atoms with van der Waals surface area (Å²) in [7, 11) is 0. The molecule has 0 bridgehead atoms. The Bertz CT molecular complexity index is 598. The monoisotopic (exact) mass is 395 g/mol. The van der Waals surface area contributed by atoms with E-state index in [0.717, 1.165) is 29.5 Å². The maximum atomic E-state index is 12.0. The van der Waals surface area contributed by atoms with Gasteiger partial charge in [0.25, 0.3) is 0 Å². The predicted octanol–water partition coefficient (Wildman–Crippen LogP) is 2.90. The normalized spacial score (nSPS) is 22.8. The van der Waals surface area contributed by atoms with E-state index in [9.17, 15) is 9.59 Å². The highest BCUT2D eigenvalue weighted by molar-refractivity contribution is 9.10. The number of nitrogens with one attached hydrogen (secondary N) is 2. The molecule has 2 aliphatic rings. The number of anilines is 1. The number of carboxylic acid groups (broad SMARTS) is 1. The van der Waals surface area contributed by atoms with Gasteiger partial charge in [-0.05, 0) is 55.9 Å². The van der Waals surface area contributed by atoms with E-state index in [0.29, 0.717) is 5.92 Å². The zero-order valence-electron chi connectivity index (χ0n) is 13.4. The van der Waals surface area contributed by atoms with Crippen molar-refractivity contribution in [2.24, 2.45) is 5.92 Å². The van der Waals surface area contributed by atoms with E-state index in [2.05, 4.69) is 31.5 Å². The van der Waals surface area contributed by atoms with Gasteiger partial charge in [-0.15, -0.1) is 0 Å². The molecule has 130 valence electrons. The number of rotatable bonds is 7. The molecular formula is C17H22BrN3O3. The summed E-state index contributed by atoms with van der Waals surface area (Å²) in [6.45, 7) is 0.966. The average molecular weight is 396 g/mol. The van der Waals surface area contributed by atoms with E-state index in [-0.39, 0.29) is 24.7 Å². The quantitative estimate of drug-likeness (QED) is 0.662. The van der Waals surface area contributed by atoms with E-state index in [1.807, 2.05) is 24.3 Å². The van der Waals surface area contributed by atoms with E-state index in [1.54, 1.807) is 0 Å². The van der Waals surface area contributed by atoms with E-state index >= 15 is 0 Å². The Balaban J connectivity index is 1.42. The van der Waals surface area contributed by atoms with Gasteiger partial charge < -0.3 is 15.7 Å². The first-order valence-corrected chi connectivity index (χ1v) is 9.08. The third-order valence-electron chi connectivity index (χ3n) is 4.59. The Morgan fingerprint density at radius 3 is 2.46 bits per heavy atom. The highest BCUT2D eigenvalue weighted by Gasteiger charge is 2.37. The predicted molar refractivity (Wildman–Crippen MR) is 95.0 cm³/mol. The Labute approximate surface area is 149 Å². The molecule has 2 aliphatic carbocycles. The van der Waals surface area contributed by atoms with Crippen LogP contribution >= 0.6 is 15.9 Å². The summed E-state index contributed by atoms with van der Waals surface area (Å²) in [5.74, 6) is -0.114. The van der Waals surface area contributed by atoms with Gasteiger partial charge in [0.1, 0.15) is 0 Å². The molecule has 3 rings (SSSR count). The number of halogens is 1. The molecule has 2 amide bonds. The largest absolute Gasteiger partial charge is 0.480 e. The number of urea groups is 1. The zero-order chi connectivity index (χ0) is 17.1. The molecule has 0 radical (unpaired) electrons. The second-order valence-corrected chi connectivity index (χ2v) is 7.61. The van der Waals surface area contributed by atoms with Crippen LogP contribution in [-0.2, 0) is 4.79 Å². The third kappa shape index (κ3) is 4.95. The minimum atomic E-state index is -0.778. The second-order valence-electron chi connectivity index (χ2n) is 6.69. The minimum Gasteiger partial charge on any atom is -0.480 e. The van der Waals surface area contributed by atoms with E-state index in [4.69, 9.17) is 5.11 Å². The van der Waals surface area contributed by atoms with E-state index in [1.165, 1.54) is 12.8 Å². The van der Waals surface area contributed by atoms with Crippen molar-refractivity contribution in [3.63, 3.8) is 0 Å². The van der Waals surface area contributed by atoms with Crippen molar-refractivity contribution in [3.05, 3.63) is 28.7 Å². The molecule has 1 aromatic rings. The number of benzene rings is 1. The number of carbonyl (C=O) groups excluding carboxylic acids is 1. The summed E-state index contributed by atoms with van der Waals surface area (Å²) in [4.78, 5) is 25.1. The Kier molecular flexibility index (Phi) is 5.40. The number of carbonyl (C=O) groups is 2. The van der Waals surface area contributed by atoms with Gasteiger partial charge in [-0.2, -0.15) is 0 Å². The van der Waals surface area contributed by atoms with Crippen molar-refractivity contribution < 1.29 is 14.7 Å². The third-order valence-corrected chi connectivity index (χ3v) is 5.12. The topological polar surface area (TPSA) is 81.7 Å². The van der Waals surface area contributed by atoms with Crippen molar-refractivity contribution >= 4 is 33.6 Å². The molecule has 0 aromatic heterocycles. The van der Waals surface area contributed by atoms with Gasteiger partial charge in [0, 0.05) is 28.8 Å². The van der Waals surface area contributed by atoms with Crippen LogP contribution < -0.4 is 10.6 Å². The van der Waals surface area contributed by atoms with E-state index < -0.39 is 5.97 Å². The maximum absolute atomic E-state index is 12.0. The molecule has 0 heterocycles. The summed E-state index contributed by atoms with van der Waals surface area (Å²) in [6, 6.07) is 7.57. The smallest absolute Gasteiger partial charge is 0.319 e. The van der Waals surface area contributed by atoms with Crippen molar-refractivity contribution in [2.75, 3.05) is 18.4 Å². The van der Waals surface area contributed by atoms with Gasteiger partial charge >= 0.3 is 12.0 Å². The lowest BCUT2D eigenvalue weighted by Crippen LogP contribution is -2.55. The fourth-order valence-corrected chi connectivity index (χ4v) is 3.30. The van der Waals surface area contributed by atoms with Crippen LogP contribution in [0, 0.1) is 5.92 Å². The molecule has 3 N–H and O–H groups in total. The van der Waals surface area contributed by atoms with Gasteiger partial charge in [0.05, 0.1) is 6.54 Å². The molecule has 0 saturated heterocycles. The van der Waals surface area contributed by atoms with Crippen LogP contribution in [0.4, 0.5) is 10.5 Å². The molecule has 6 nitrogen and oxygen atoms in total. The highest BCUT2D eigenvalue weighted by atomic mass is 79.9. The average Bonchev–Trinajstić information content (AvgIpc) is 3.28. The first-order valence-electron chi connectivity index (χ1n) is 8.28. The van der Waals surface area contributed by atoms with Crippen LogP contribution in [0.1, 0.15) is 25.7 Å². The summed E-state index contributed by atoms with van der Waals surface area (Å²) in [5, 5.41) is 14.8. The van der Waals surface area contributed by atoms with Crippen LogP contribution in [0.25, 0.3) is 0 Å². The summed E-state index contributed by atoms with van der Waals surface area (Å²) < 4.78 is 0.962. The lowest BCUT2D eigenvalue weighted by Gasteiger charge is -2.42. The Morgan fingerprint density at radius 1 is 1.21 bits per heavy atom. The summed E-state index contributed by atoms with van der Waals surface area (Å²) in [5.41, 5.74) is 0.743. The zero-order valence-corrected chi connectivity index (χ0v) is 15.0. The Hall–Kier alpha value is -1.60. The molecule has 0 aliphatic heterocycles. The molecule has 2 fully saturated rings. The summed E-state index contributed by atoms with van der Waals surface area (Å²) >= 11 is 3.36. The maximum Gasteiger partial charge on any atom is 0.319 e. The van der Waals surface area contributed by atoms with Crippen molar-refractivity contribution in [2.45, 2.75) is 37.8 Å². The number of amides is 2. The molecular weight excluding hydrogens is 374 g/mol. The van der Waals surface area contributed by atoms with Crippen LogP contribution in [0.2, 0.25) is 0 Å². The van der Waals surface area contributed by atoms with Gasteiger partial charge in [-0.25, -0.2) is 4.79 Å². The standard InChI is InChI=1S/C17H22BrN3O3/c18-12-3-5-13(6-4-12)19-17(24)20-14-7-15(8-14)21(10-16(22)23)9-11-1-2-11/h3-6,11,14-15H,1-2,7-10H2,(H,22,23)(H2,19,20,24). The number of hydrogen-bond donors (Lipinski definition) is 3. The molecule has 24 heavy (non-hydrogen) atoms. The molecule has 7 heteroatoms. The first kappa shape index (κ1) is 17.2. The Morgan fingerprint density at radius 2 is 1.88 bits per heavy atom. The molecule has 1 aromatic carbocycles. The van der Waals surface area contributed by atoms with Crippen LogP contribution in [-0.4, -0.2) is 47.2 Å². The van der Waals surface area contributed by atoms with Gasteiger partial charge in [-0.1, -0.05) is 15.9 Å². The summed E-state index contributed by atoms with van der Waals surface area (Å²) in [6.07, 6.45) is 4.04. The fourth-order valence-electron chi connectivity index (χ4n) is 3.04. The highest BCUT2D eigenvalue weighted by Crippen LogP contribution is 2.33. The van der Waals surface area contributed by atoms with Crippen LogP contribution in [0.15, 0.2) is 28.7 Å². The molecule has 0 unspecified atom stereocenters. The van der Waals surface area contributed by atoms with Gasteiger partial charge in [0.15, 0.2) is 0 Å². The lowest BCUT2D eigenvalue weighted by molar-refractivity contribution is -0.139. The van der Waals surface area contributed by atoms with Crippen LogP contribution in [0.3, 0.4) is 0 Å². The minimum absolute atomic E-state index is 0.0962. The number of nitrogens with zero attached hydrogens (tertiary/aromatic N) is 1. The first-order chi connectivity index (χ1) is 11.5. The van der Waals surface area contributed by atoms with Crippen molar-refractivity contribution in [3.8, 4) is 0 Å².